The molecule has 1 aliphatic rings. The van der Waals surface area contributed by atoms with Gasteiger partial charge in [0.15, 0.2) is 0 Å². The molecule has 60 valence electrons. The first kappa shape index (κ1) is 7.98. The molecule has 1 rings (SSSR count). The lowest BCUT2D eigenvalue weighted by atomic mass is 10.2. The largest absolute Gasteiger partial charge is 0.371 e. The fourth-order valence-corrected chi connectivity index (χ4v) is 1.41. The molecule has 0 unspecified atom stereocenters. The first-order valence-electron chi connectivity index (χ1n) is 3.76. The van der Waals surface area contributed by atoms with Gasteiger partial charge in [-0.2, -0.15) is 0 Å². The average Bonchev–Trinajstić information content (AvgIpc) is 1.85. The first-order chi connectivity index (χ1) is 4.72. The molecule has 2 atom stereocenters. The SMILES string of the molecule is C[C@@H]1CN(C)C[C@H](CN)O1. The summed E-state index contributed by atoms with van der Waals surface area (Å²) in [5, 5.41) is 0. The van der Waals surface area contributed by atoms with E-state index in [0.717, 1.165) is 13.1 Å². The van der Waals surface area contributed by atoms with Crippen molar-refractivity contribution in [1.82, 2.24) is 4.90 Å². The van der Waals surface area contributed by atoms with Crippen molar-refractivity contribution in [3.8, 4) is 0 Å². The minimum atomic E-state index is 0.244. The second kappa shape index (κ2) is 3.32. The molecule has 3 nitrogen and oxygen atoms in total. The van der Waals surface area contributed by atoms with E-state index in [0.29, 0.717) is 12.6 Å². The Bertz CT molecular complexity index is 97.8. The molecular weight excluding hydrogens is 128 g/mol. The van der Waals surface area contributed by atoms with E-state index in [2.05, 4.69) is 18.9 Å². The molecular formula is C7H16N2O. The third-order valence-electron chi connectivity index (χ3n) is 1.77. The molecule has 2 N–H and O–H groups in total. The Hall–Kier alpha value is -0.120. The molecule has 0 aromatic heterocycles. The van der Waals surface area contributed by atoms with E-state index in [1.54, 1.807) is 0 Å². The summed E-state index contributed by atoms with van der Waals surface area (Å²) in [6.07, 6.45) is 0.584. The third-order valence-corrected chi connectivity index (χ3v) is 1.77. The van der Waals surface area contributed by atoms with Crippen LogP contribution in [0.25, 0.3) is 0 Å². The second-order valence-corrected chi connectivity index (χ2v) is 3.03. The third kappa shape index (κ3) is 1.94. The number of hydrogen-bond acceptors (Lipinski definition) is 3. The van der Waals surface area contributed by atoms with Crippen molar-refractivity contribution in [2.45, 2.75) is 19.1 Å². The Balaban J connectivity index is 2.35. The Morgan fingerprint density at radius 1 is 1.60 bits per heavy atom. The number of likely N-dealkylation sites (N-methyl/N-ethyl adjacent to an activating group) is 1. The number of nitrogens with zero attached hydrogens (tertiary/aromatic N) is 1. The zero-order chi connectivity index (χ0) is 7.56. The van der Waals surface area contributed by atoms with Gasteiger partial charge in [-0.1, -0.05) is 0 Å². The highest BCUT2D eigenvalue weighted by atomic mass is 16.5. The summed E-state index contributed by atoms with van der Waals surface area (Å²) in [5.41, 5.74) is 5.48. The standard InChI is InChI=1S/C7H16N2O/c1-6-4-9(2)5-7(3-8)10-6/h6-7H,3-5,8H2,1-2H3/t6-,7+/m1/s1. The summed E-state index contributed by atoms with van der Waals surface area (Å²) in [4.78, 5) is 2.26. The highest BCUT2D eigenvalue weighted by molar-refractivity contribution is 4.73. The molecule has 1 heterocycles. The summed E-state index contributed by atoms with van der Waals surface area (Å²) in [6, 6.07) is 0. The molecule has 0 saturated carbocycles. The van der Waals surface area contributed by atoms with Gasteiger partial charge in [0.25, 0.3) is 0 Å². The van der Waals surface area contributed by atoms with Crippen LogP contribution in [-0.4, -0.2) is 43.8 Å². The average molecular weight is 144 g/mol. The summed E-state index contributed by atoms with van der Waals surface area (Å²) < 4.78 is 5.54. The van der Waals surface area contributed by atoms with Crippen LogP contribution in [0.5, 0.6) is 0 Å². The van der Waals surface area contributed by atoms with Gasteiger partial charge >= 0.3 is 0 Å². The van der Waals surface area contributed by atoms with E-state index < -0.39 is 0 Å². The van der Waals surface area contributed by atoms with Gasteiger partial charge in [0.2, 0.25) is 0 Å². The minimum absolute atomic E-state index is 0.244. The lowest BCUT2D eigenvalue weighted by Gasteiger charge is -2.33. The van der Waals surface area contributed by atoms with Gasteiger partial charge in [0.05, 0.1) is 12.2 Å². The van der Waals surface area contributed by atoms with E-state index in [4.69, 9.17) is 10.5 Å². The zero-order valence-electron chi connectivity index (χ0n) is 6.71. The Morgan fingerprint density at radius 3 is 2.80 bits per heavy atom. The van der Waals surface area contributed by atoms with E-state index in [-0.39, 0.29) is 6.10 Å². The maximum absolute atomic E-state index is 5.54. The van der Waals surface area contributed by atoms with Gasteiger partial charge < -0.3 is 15.4 Å². The van der Waals surface area contributed by atoms with E-state index >= 15 is 0 Å². The fraction of sp³-hybridized carbons (Fsp3) is 1.00. The van der Waals surface area contributed by atoms with Gasteiger partial charge in [-0.25, -0.2) is 0 Å². The number of nitrogens with two attached hydrogens (primary N) is 1. The molecule has 0 aromatic carbocycles. The molecule has 0 bridgehead atoms. The Labute approximate surface area is 62.1 Å². The Morgan fingerprint density at radius 2 is 2.30 bits per heavy atom. The number of ether oxygens (including phenoxy) is 1. The molecule has 1 fully saturated rings. The molecule has 1 saturated heterocycles. The fourth-order valence-electron chi connectivity index (χ4n) is 1.41. The lowest BCUT2D eigenvalue weighted by Crippen LogP contribution is -2.47. The van der Waals surface area contributed by atoms with E-state index in [1.165, 1.54) is 0 Å². The van der Waals surface area contributed by atoms with Crippen LogP contribution in [0.15, 0.2) is 0 Å². The predicted octanol–water partition coefficient (Wildman–Crippen LogP) is -0.336. The van der Waals surface area contributed by atoms with Crippen molar-refractivity contribution in [3.05, 3.63) is 0 Å². The van der Waals surface area contributed by atoms with Crippen molar-refractivity contribution in [2.75, 3.05) is 26.7 Å². The molecule has 0 aromatic rings. The summed E-state index contributed by atoms with van der Waals surface area (Å²) >= 11 is 0. The van der Waals surface area contributed by atoms with Crippen LogP contribution in [0.3, 0.4) is 0 Å². The molecule has 3 heteroatoms. The van der Waals surface area contributed by atoms with Crippen LogP contribution >= 0.6 is 0 Å². The minimum Gasteiger partial charge on any atom is -0.371 e. The quantitative estimate of drug-likeness (QED) is 0.547. The van der Waals surface area contributed by atoms with Crippen molar-refractivity contribution >= 4 is 0 Å². The van der Waals surface area contributed by atoms with Gasteiger partial charge in [-0.15, -0.1) is 0 Å². The van der Waals surface area contributed by atoms with Crippen LogP contribution in [0.1, 0.15) is 6.92 Å². The van der Waals surface area contributed by atoms with E-state index in [1.807, 2.05) is 0 Å². The maximum Gasteiger partial charge on any atom is 0.0828 e. The summed E-state index contributed by atoms with van der Waals surface area (Å²) in [7, 11) is 2.10. The molecule has 0 aliphatic carbocycles. The normalized spacial score (nSPS) is 36.3. The van der Waals surface area contributed by atoms with Gasteiger partial charge in [0, 0.05) is 19.6 Å². The summed E-state index contributed by atoms with van der Waals surface area (Å²) in [6.45, 7) is 4.71. The zero-order valence-corrected chi connectivity index (χ0v) is 6.71. The smallest absolute Gasteiger partial charge is 0.0828 e. The number of hydrogen-bond donors (Lipinski definition) is 1. The number of morpholine rings is 1. The van der Waals surface area contributed by atoms with Crippen LogP contribution in [0.2, 0.25) is 0 Å². The lowest BCUT2D eigenvalue weighted by molar-refractivity contribution is -0.0644. The van der Waals surface area contributed by atoms with Crippen LogP contribution < -0.4 is 5.73 Å². The topological polar surface area (TPSA) is 38.5 Å². The van der Waals surface area contributed by atoms with Gasteiger partial charge in [-0.3, -0.25) is 0 Å². The number of rotatable bonds is 1. The maximum atomic E-state index is 5.54. The second-order valence-electron chi connectivity index (χ2n) is 3.03. The van der Waals surface area contributed by atoms with Gasteiger partial charge in [0.1, 0.15) is 0 Å². The van der Waals surface area contributed by atoms with Gasteiger partial charge in [-0.05, 0) is 14.0 Å². The molecule has 0 radical (unpaired) electrons. The van der Waals surface area contributed by atoms with Crippen molar-refractivity contribution in [2.24, 2.45) is 5.73 Å². The van der Waals surface area contributed by atoms with Crippen molar-refractivity contribution in [1.29, 1.82) is 0 Å². The molecule has 1 aliphatic heterocycles. The molecule has 0 spiro atoms. The highest BCUT2D eigenvalue weighted by Crippen LogP contribution is 2.07. The van der Waals surface area contributed by atoms with Crippen molar-refractivity contribution in [3.63, 3.8) is 0 Å². The van der Waals surface area contributed by atoms with Crippen LogP contribution in [-0.2, 0) is 4.74 Å². The summed E-state index contributed by atoms with van der Waals surface area (Å²) in [5.74, 6) is 0. The van der Waals surface area contributed by atoms with Crippen molar-refractivity contribution < 1.29 is 4.74 Å². The molecule has 10 heavy (non-hydrogen) atoms. The Kier molecular flexibility index (Phi) is 2.65. The predicted molar refractivity (Wildman–Crippen MR) is 40.9 cm³/mol. The highest BCUT2D eigenvalue weighted by Gasteiger charge is 2.20. The van der Waals surface area contributed by atoms with Crippen LogP contribution in [0.4, 0.5) is 0 Å². The first-order valence-corrected chi connectivity index (χ1v) is 3.76. The van der Waals surface area contributed by atoms with E-state index in [9.17, 15) is 0 Å². The monoisotopic (exact) mass is 144 g/mol. The van der Waals surface area contributed by atoms with Crippen LogP contribution in [0, 0.1) is 0 Å². The molecule has 0 amide bonds.